The maximum absolute atomic E-state index is 13.3. The molecule has 3 nitrogen and oxygen atoms in total. The lowest BCUT2D eigenvalue weighted by atomic mass is 10.1. The lowest BCUT2D eigenvalue weighted by Gasteiger charge is -2.03. The second kappa shape index (κ2) is 7.45. The standard InChI is InChI=1S/C18H15ClF2N2OS/c1-11-8-12(2-5-14(11)19)4-7-17-22-18(24)23(25-17)10-13-3-6-15(20)16(21)9-13/h2-3,5-6,8-9H,4,7,10H2,1H3. The molecule has 0 amide bonds. The van der Waals surface area contributed by atoms with E-state index in [4.69, 9.17) is 11.6 Å². The number of rotatable bonds is 5. The van der Waals surface area contributed by atoms with Crippen molar-refractivity contribution in [2.75, 3.05) is 0 Å². The number of hydrogen-bond donors (Lipinski definition) is 0. The number of aromatic nitrogens is 2. The minimum absolute atomic E-state index is 0.174. The highest BCUT2D eigenvalue weighted by Crippen LogP contribution is 2.18. The first-order chi connectivity index (χ1) is 11.9. The van der Waals surface area contributed by atoms with Gasteiger partial charge in [-0.1, -0.05) is 29.8 Å². The van der Waals surface area contributed by atoms with Crippen LogP contribution in [0.3, 0.4) is 0 Å². The molecule has 0 radical (unpaired) electrons. The van der Waals surface area contributed by atoms with Gasteiger partial charge in [0.05, 0.1) is 6.54 Å². The fourth-order valence-electron chi connectivity index (χ4n) is 2.47. The Bertz CT molecular complexity index is 968. The first kappa shape index (κ1) is 17.8. The van der Waals surface area contributed by atoms with Gasteiger partial charge < -0.3 is 0 Å². The van der Waals surface area contributed by atoms with E-state index >= 15 is 0 Å². The Labute approximate surface area is 152 Å². The predicted molar refractivity (Wildman–Crippen MR) is 95.4 cm³/mol. The van der Waals surface area contributed by atoms with E-state index in [1.807, 2.05) is 25.1 Å². The largest absolute Gasteiger partial charge is 0.358 e. The van der Waals surface area contributed by atoms with E-state index in [9.17, 15) is 13.6 Å². The molecule has 0 saturated carbocycles. The lowest BCUT2D eigenvalue weighted by Crippen LogP contribution is -2.16. The summed E-state index contributed by atoms with van der Waals surface area (Å²) >= 11 is 7.26. The summed E-state index contributed by atoms with van der Waals surface area (Å²) in [7, 11) is 0. The maximum atomic E-state index is 13.3. The van der Waals surface area contributed by atoms with Crippen LogP contribution in [0.4, 0.5) is 8.78 Å². The third-order valence-electron chi connectivity index (χ3n) is 3.81. The van der Waals surface area contributed by atoms with E-state index in [1.165, 1.54) is 21.6 Å². The zero-order chi connectivity index (χ0) is 18.0. The van der Waals surface area contributed by atoms with Gasteiger partial charge in [-0.25, -0.2) is 17.5 Å². The van der Waals surface area contributed by atoms with Gasteiger partial charge in [0.25, 0.3) is 0 Å². The van der Waals surface area contributed by atoms with Crippen molar-refractivity contribution in [2.45, 2.75) is 26.3 Å². The van der Waals surface area contributed by atoms with Crippen molar-refractivity contribution in [3.8, 4) is 0 Å². The van der Waals surface area contributed by atoms with Crippen LogP contribution in [0.15, 0.2) is 41.2 Å². The number of hydrogen-bond acceptors (Lipinski definition) is 3. The predicted octanol–water partition coefficient (Wildman–Crippen LogP) is 4.38. The lowest BCUT2D eigenvalue weighted by molar-refractivity contribution is 0.506. The van der Waals surface area contributed by atoms with Crippen LogP contribution < -0.4 is 5.69 Å². The quantitative estimate of drug-likeness (QED) is 0.658. The van der Waals surface area contributed by atoms with E-state index in [1.54, 1.807) is 0 Å². The van der Waals surface area contributed by atoms with Gasteiger partial charge in [0.15, 0.2) is 11.6 Å². The van der Waals surface area contributed by atoms with E-state index in [0.717, 1.165) is 34.7 Å². The first-order valence-corrected chi connectivity index (χ1v) is 8.83. The molecular formula is C18H15ClF2N2OS. The van der Waals surface area contributed by atoms with Gasteiger partial charge in [-0.05, 0) is 59.8 Å². The monoisotopic (exact) mass is 380 g/mol. The molecule has 1 heterocycles. The normalized spacial score (nSPS) is 11.0. The number of nitrogens with zero attached hydrogens (tertiary/aromatic N) is 2. The van der Waals surface area contributed by atoms with Gasteiger partial charge in [-0.2, -0.15) is 4.98 Å². The molecule has 0 aliphatic carbocycles. The molecule has 3 rings (SSSR count). The van der Waals surface area contributed by atoms with Gasteiger partial charge in [0.2, 0.25) is 0 Å². The average molecular weight is 381 g/mol. The van der Waals surface area contributed by atoms with Crippen molar-refractivity contribution in [2.24, 2.45) is 0 Å². The Morgan fingerprint density at radius 1 is 1.08 bits per heavy atom. The van der Waals surface area contributed by atoms with Crippen LogP contribution >= 0.6 is 23.1 Å². The molecule has 0 aliphatic heterocycles. The first-order valence-electron chi connectivity index (χ1n) is 7.68. The van der Waals surface area contributed by atoms with Crippen molar-refractivity contribution in [1.29, 1.82) is 0 Å². The molecule has 0 N–H and O–H groups in total. The highest BCUT2D eigenvalue weighted by atomic mass is 35.5. The molecule has 25 heavy (non-hydrogen) atoms. The van der Waals surface area contributed by atoms with Crippen LogP contribution in [0.5, 0.6) is 0 Å². The third-order valence-corrected chi connectivity index (χ3v) is 5.25. The summed E-state index contributed by atoms with van der Waals surface area (Å²) in [5.41, 5.74) is 2.27. The molecule has 0 spiro atoms. The highest BCUT2D eigenvalue weighted by molar-refractivity contribution is 7.06. The Morgan fingerprint density at radius 2 is 1.84 bits per heavy atom. The Hall–Kier alpha value is -2.05. The summed E-state index contributed by atoms with van der Waals surface area (Å²) < 4.78 is 27.7. The summed E-state index contributed by atoms with van der Waals surface area (Å²) in [6.45, 7) is 2.12. The van der Waals surface area contributed by atoms with Crippen LogP contribution in [0.1, 0.15) is 21.7 Å². The van der Waals surface area contributed by atoms with Crippen molar-refractivity contribution in [3.63, 3.8) is 0 Å². The van der Waals surface area contributed by atoms with E-state index in [-0.39, 0.29) is 12.2 Å². The van der Waals surface area contributed by atoms with Gasteiger partial charge in [0, 0.05) is 11.4 Å². The third kappa shape index (κ3) is 4.32. The Kier molecular flexibility index (Phi) is 5.30. The molecule has 0 bridgehead atoms. The van der Waals surface area contributed by atoms with E-state index in [2.05, 4.69) is 4.98 Å². The van der Waals surface area contributed by atoms with Crippen LogP contribution in [-0.4, -0.2) is 8.94 Å². The summed E-state index contributed by atoms with van der Waals surface area (Å²) in [4.78, 5) is 16.0. The van der Waals surface area contributed by atoms with Crippen LogP contribution in [-0.2, 0) is 19.4 Å². The van der Waals surface area contributed by atoms with Crippen LogP contribution in [0.2, 0.25) is 5.02 Å². The summed E-state index contributed by atoms with van der Waals surface area (Å²) in [6.07, 6.45) is 1.38. The smallest absolute Gasteiger partial charge is 0.245 e. The highest BCUT2D eigenvalue weighted by Gasteiger charge is 2.09. The van der Waals surface area contributed by atoms with Crippen molar-refractivity contribution < 1.29 is 8.78 Å². The number of aryl methyl sites for hydroxylation is 3. The molecule has 130 valence electrons. The molecule has 0 saturated heterocycles. The van der Waals surface area contributed by atoms with Crippen molar-refractivity contribution in [1.82, 2.24) is 8.94 Å². The zero-order valence-electron chi connectivity index (χ0n) is 13.4. The fraction of sp³-hybridized carbons (Fsp3) is 0.222. The van der Waals surface area contributed by atoms with Crippen LogP contribution in [0, 0.1) is 18.6 Å². The minimum Gasteiger partial charge on any atom is -0.245 e. The van der Waals surface area contributed by atoms with Crippen molar-refractivity contribution >= 4 is 23.1 Å². The zero-order valence-corrected chi connectivity index (χ0v) is 15.0. The van der Waals surface area contributed by atoms with Gasteiger partial charge >= 0.3 is 5.69 Å². The molecule has 0 unspecified atom stereocenters. The molecule has 0 atom stereocenters. The molecule has 3 aromatic rings. The van der Waals surface area contributed by atoms with Gasteiger partial charge in [-0.15, -0.1) is 0 Å². The van der Waals surface area contributed by atoms with E-state index in [0.29, 0.717) is 17.0 Å². The van der Waals surface area contributed by atoms with Gasteiger partial charge in [-0.3, -0.25) is 0 Å². The molecule has 0 aliphatic rings. The topological polar surface area (TPSA) is 34.9 Å². The molecule has 1 aromatic heterocycles. The fourth-order valence-corrected chi connectivity index (χ4v) is 3.48. The number of benzene rings is 2. The van der Waals surface area contributed by atoms with E-state index < -0.39 is 11.6 Å². The SMILES string of the molecule is Cc1cc(CCc2nc(=O)n(Cc3ccc(F)c(F)c3)s2)ccc1Cl. The molecule has 7 heteroatoms. The molecular weight excluding hydrogens is 366 g/mol. The number of halogens is 3. The molecule has 2 aromatic carbocycles. The minimum atomic E-state index is -0.923. The second-order valence-corrected chi connectivity index (χ2v) is 7.25. The van der Waals surface area contributed by atoms with Crippen LogP contribution in [0.25, 0.3) is 0 Å². The Balaban J connectivity index is 1.70. The van der Waals surface area contributed by atoms with Crippen molar-refractivity contribution in [3.05, 3.63) is 85.2 Å². The Morgan fingerprint density at radius 3 is 2.56 bits per heavy atom. The summed E-state index contributed by atoms with van der Waals surface area (Å²) in [5, 5.41) is 1.43. The van der Waals surface area contributed by atoms with Gasteiger partial charge in [0.1, 0.15) is 5.01 Å². The second-order valence-electron chi connectivity index (χ2n) is 5.75. The summed E-state index contributed by atoms with van der Waals surface area (Å²) in [6, 6.07) is 9.44. The maximum Gasteiger partial charge on any atom is 0.358 e. The molecule has 0 fully saturated rings. The summed E-state index contributed by atoms with van der Waals surface area (Å²) in [5.74, 6) is -1.83. The average Bonchev–Trinajstić information content (AvgIpc) is 2.92.